The van der Waals surface area contributed by atoms with Crippen LogP contribution in [0.3, 0.4) is 0 Å². The van der Waals surface area contributed by atoms with Gasteiger partial charge in [-0.15, -0.1) is 0 Å². The molecule has 0 aromatic rings. The third kappa shape index (κ3) is 9.26. The van der Waals surface area contributed by atoms with E-state index in [1.54, 1.807) is 6.92 Å². The van der Waals surface area contributed by atoms with E-state index >= 15 is 0 Å². The molecule has 0 heterocycles. The monoisotopic (exact) mass is 432 g/mol. The van der Waals surface area contributed by atoms with Crippen molar-refractivity contribution >= 4 is 28.6 Å². The van der Waals surface area contributed by atoms with Gasteiger partial charge in [-0.1, -0.05) is 81.4 Å². The molecule has 0 amide bonds. The summed E-state index contributed by atoms with van der Waals surface area (Å²) in [7, 11) is 0. The Hall–Kier alpha value is 0.0600. The van der Waals surface area contributed by atoms with Crippen LogP contribution in [0.4, 0.5) is 8.78 Å². The third-order valence-corrected chi connectivity index (χ3v) is 5.66. The Morgan fingerprint density at radius 1 is 1.00 bits per heavy atom. The third-order valence-electron chi connectivity index (χ3n) is 3.97. The first kappa shape index (κ1) is 22.1. The summed E-state index contributed by atoms with van der Waals surface area (Å²) in [6, 6.07) is 0. The lowest BCUT2D eigenvalue weighted by Crippen LogP contribution is -2.38. The fraction of sp³-hybridized carbons (Fsp3) is 0.941. The van der Waals surface area contributed by atoms with Crippen LogP contribution in [0.5, 0.6) is 0 Å². The molecular formula is C17H31F2IO2. The Labute approximate surface area is 147 Å². The summed E-state index contributed by atoms with van der Waals surface area (Å²) in [4.78, 5) is 11.4. The minimum atomic E-state index is -3.38. The van der Waals surface area contributed by atoms with Gasteiger partial charge in [0.1, 0.15) is 0 Å². The van der Waals surface area contributed by atoms with E-state index in [0.717, 1.165) is 19.3 Å². The van der Waals surface area contributed by atoms with Crippen LogP contribution < -0.4 is 0 Å². The summed E-state index contributed by atoms with van der Waals surface area (Å²) in [6.07, 6.45) is 9.14. The van der Waals surface area contributed by atoms with E-state index in [1.807, 2.05) is 6.92 Å². The van der Waals surface area contributed by atoms with Gasteiger partial charge in [0.15, 0.2) is 0 Å². The standard InChI is InChI=1S/C17H31F2IO2/c1-4-7-8-9-10-11-12-13-16(20,5-2)14-17(18,19)15(21)22-6-3/h4-14H2,1-3H3. The SMILES string of the molecule is CCCCCCCCCC(I)(CC)CC(F)(F)C(=O)OCC. The summed E-state index contributed by atoms with van der Waals surface area (Å²) in [5.74, 6) is -4.77. The second-order valence-corrected chi connectivity index (χ2v) is 8.27. The second-order valence-electron chi connectivity index (χ2n) is 5.98. The Balaban J connectivity index is 4.20. The van der Waals surface area contributed by atoms with Crippen molar-refractivity contribution in [3.63, 3.8) is 0 Å². The van der Waals surface area contributed by atoms with Gasteiger partial charge < -0.3 is 4.74 Å². The largest absolute Gasteiger partial charge is 0.462 e. The van der Waals surface area contributed by atoms with Crippen LogP contribution in [0.25, 0.3) is 0 Å². The zero-order valence-corrected chi connectivity index (χ0v) is 16.4. The number of carbonyl (C=O) groups is 1. The molecule has 0 N–H and O–H groups in total. The molecule has 0 aliphatic carbocycles. The molecule has 0 saturated carbocycles. The molecule has 0 spiro atoms. The van der Waals surface area contributed by atoms with E-state index in [-0.39, 0.29) is 6.61 Å². The van der Waals surface area contributed by atoms with Gasteiger partial charge in [-0.05, 0) is 19.8 Å². The first-order chi connectivity index (χ1) is 10.3. The maximum absolute atomic E-state index is 13.9. The highest BCUT2D eigenvalue weighted by molar-refractivity contribution is 14.1. The number of unbranched alkanes of at least 4 members (excludes halogenated alkanes) is 6. The number of esters is 1. The lowest BCUT2D eigenvalue weighted by molar-refractivity contribution is -0.173. The predicted octanol–water partition coefficient (Wildman–Crippen LogP) is 6.30. The highest BCUT2D eigenvalue weighted by Gasteiger charge is 2.46. The van der Waals surface area contributed by atoms with Crippen molar-refractivity contribution in [3.8, 4) is 0 Å². The van der Waals surface area contributed by atoms with Crippen LogP contribution >= 0.6 is 22.6 Å². The minimum absolute atomic E-state index is 0.00739. The van der Waals surface area contributed by atoms with E-state index in [9.17, 15) is 13.6 Å². The van der Waals surface area contributed by atoms with E-state index in [0.29, 0.717) is 6.42 Å². The van der Waals surface area contributed by atoms with Crippen LogP contribution in [-0.2, 0) is 9.53 Å². The second kappa shape index (κ2) is 11.6. The number of alkyl halides is 3. The first-order valence-electron chi connectivity index (χ1n) is 8.55. The number of halogens is 3. The zero-order valence-electron chi connectivity index (χ0n) is 14.2. The quantitative estimate of drug-likeness (QED) is 0.148. The lowest BCUT2D eigenvalue weighted by atomic mass is 9.91. The van der Waals surface area contributed by atoms with Gasteiger partial charge >= 0.3 is 11.9 Å². The number of hydrogen-bond acceptors (Lipinski definition) is 2. The van der Waals surface area contributed by atoms with E-state index < -0.39 is 21.7 Å². The molecule has 0 aliphatic rings. The van der Waals surface area contributed by atoms with Crippen LogP contribution in [0.1, 0.15) is 85.0 Å². The zero-order chi connectivity index (χ0) is 17.1. The molecule has 0 fully saturated rings. The van der Waals surface area contributed by atoms with E-state index in [1.165, 1.54) is 32.1 Å². The average molecular weight is 432 g/mol. The minimum Gasteiger partial charge on any atom is -0.462 e. The molecule has 0 aliphatic heterocycles. The van der Waals surface area contributed by atoms with E-state index in [2.05, 4.69) is 34.3 Å². The van der Waals surface area contributed by atoms with Crippen LogP contribution in [0.15, 0.2) is 0 Å². The summed E-state index contributed by atoms with van der Waals surface area (Å²) in [5.41, 5.74) is 0. The molecule has 1 unspecified atom stereocenters. The molecule has 0 bridgehead atoms. The van der Waals surface area contributed by atoms with Gasteiger partial charge in [0, 0.05) is 9.84 Å². The summed E-state index contributed by atoms with van der Waals surface area (Å²) in [6.45, 7) is 5.64. The van der Waals surface area contributed by atoms with Crippen molar-refractivity contribution in [2.45, 2.75) is 94.3 Å². The number of ether oxygens (including phenoxy) is 1. The first-order valence-corrected chi connectivity index (χ1v) is 9.63. The van der Waals surface area contributed by atoms with Gasteiger partial charge in [-0.25, -0.2) is 4.79 Å². The van der Waals surface area contributed by atoms with Crippen molar-refractivity contribution in [1.82, 2.24) is 0 Å². The number of carbonyl (C=O) groups excluding carboxylic acids is 1. The van der Waals surface area contributed by atoms with Crippen molar-refractivity contribution < 1.29 is 18.3 Å². The fourth-order valence-electron chi connectivity index (χ4n) is 2.50. The molecule has 0 aromatic heterocycles. The van der Waals surface area contributed by atoms with Crippen molar-refractivity contribution in [3.05, 3.63) is 0 Å². The Bertz CT molecular complexity index is 311. The Morgan fingerprint density at radius 2 is 1.55 bits per heavy atom. The smallest absolute Gasteiger partial charge is 0.377 e. The molecule has 5 heteroatoms. The van der Waals surface area contributed by atoms with Crippen molar-refractivity contribution in [2.24, 2.45) is 0 Å². The molecule has 0 rings (SSSR count). The molecule has 0 radical (unpaired) electrons. The number of hydrogen-bond donors (Lipinski definition) is 0. The lowest BCUT2D eigenvalue weighted by Gasteiger charge is -2.29. The van der Waals surface area contributed by atoms with Crippen LogP contribution in [0.2, 0.25) is 0 Å². The van der Waals surface area contributed by atoms with Gasteiger partial charge in [-0.2, -0.15) is 8.78 Å². The predicted molar refractivity (Wildman–Crippen MR) is 95.8 cm³/mol. The Morgan fingerprint density at radius 3 is 2.05 bits per heavy atom. The maximum Gasteiger partial charge on any atom is 0.377 e. The van der Waals surface area contributed by atoms with Gasteiger partial charge in [-0.3, -0.25) is 0 Å². The maximum atomic E-state index is 13.9. The summed E-state index contributed by atoms with van der Waals surface area (Å²) >= 11 is 2.11. The average Bonchev–Trinajstić information content (AvgIpc) is 2.46. The summed E-state index contributed by atoms with van der Waals surface area (Å²) < 4.78 is 31.8. The van der Waals surface area contributed by atoms with Crippen molar-refractivity contribution in [1.29, 1.82) is 0 Å². The van der Waals surface area contributed by atoms with Gasteiger partial charge in [0.25, 0.3) is 0 Å². The van der Waals surface area contributed by atoms with E-state index in [4.69, 9.17) is 0 Å². The molecular weight excluding hydrogens is 401 g/mol. The van der Waals surface area contributed by atoms with Crippen LogP contribution in [0, 0.1) is 0 Å². The van der Waals surface area contributed by atoms with Crippen LogP contribution in [-0.4, -0.2) is 21.9 Å². The molecule has 2 nitrogen and oxygen atoms in total. The molecule has 0 aromatic carbocycles. The molecule has 22 heavy (non-hydrogen) atoms. The normalized spacial score (nSPS) is 14.6. The van der Waals surface area contributed by atoms with Gasteiger partial charge in [0.2, 0.25) is 0 Å². The highest BCUT2D eigenvalue weighted by Crippen LogP contribution is 2.40. The number of rotatable bonds is 13. The molecule has 0 saturated heterocycles. The van der Waals surface area contributed by atoms with Crippen molar-refractivity contribution in [2.75, 3.05) is 6.61 Å². The molecule has 1 atom stereocenters. The fourth-order valence-corrected chi connectivity index (χ4v) is 3.36. The Kier molecular flexibility index (Phi) is 11.6. The highest BCUT2D eigenvalue weighted by atomic mass is 127. The topological polar surface area (TPSA) is 26.3 Å². The van der Waals surface area contributed by atoms with Gasteiger partial charge in [0.05, 0.1) is 6.61 Å². The summed E-state index contributed by atoms with van der Waals surface area (Å²) in [5, 5.41) is 0. The molecule has 132 valence electrons.